The summed E-state index contributed by atoms with van der Waals surface area (Å²) >= 11 is 0. The van der Waals surface area contributed by atoms with Crippen molar-refractivity contribution in [1.29, 1.82) is 0 Å². The van der Waals surface area contributed by atoms with Crippen LogP contribution in [0.3, 0.4) is 0 Å². The summed E-state index contributed by atoms with van der Waals surface area (Å²) in [7, 11) is 0. The van der Waals surface area contributed by atoms with Crippen molar-refractivity contribution >= 4 is 5.78 Å². The number of fused-ring (bicyclic) bond motifs is 5. The lowest BCUT2D eigenvalue weighted by atomic mass is 9.58. The molecule has 1 heteroatoms. The Bertz CT molecular complexity index is 458. The van der Waals surface area contributed by atoms with E-state index in [9.17, 15) is 4.79 Å². The second-order valence-electron chi connectivity index (χ2n) is 7.32. The van der Waals surface area contributed by atoms with Crippen molar-refractivity contribution in [2.45, 2.75) is 45.4 Å². The monoisotopic (exact) mass is 256 g/mol. The molecule has 1 nitrogen and oxygen atoms in total. The second-order valence-corrected chi connectivity index (χ2v) is 7.32. The highest BCUT2D eigenvalue weighted by Crippen LogP contribution is 2.56. The van der Waals surface area contributed by atoms with Gasteiger partial charge in [-0.1, -0.05) is 25.5 Å². The third-order valence-electron chi connectivity index (χ3n) is 6.54. The molecule has 5 unspecified atom stereocenters. The second kappa shape index (κ2) is 4.33. The van der Waals surface area contributed by atoms with Crippen molar-refractivity contribution in [3.8, 4) is 0 Å². The molecule has 0 saturated heterocycles. The van der Waals surface area contributed by atoms with Gasteiger partial charge in [-0.3, -0.25) is 4.79 Å². The lowest BCUT2D eigenvalue weighted by Gasteiger charge is -2.46. The van der Waals surface area contributed by atoms with Crippen molar-refractivity contribution in [3.05, 3.63) is 23.8 Å². The van der Waals surface area contributed by atoms with Crippen molar-refractivity contribution in [3.63, 3.8) is 0 Å². The van der Waals surface area contributed by atoms with E-state index in [0.717, 1.165) is 42.4 Å². The molecule has 4 aliphatic carbocycles. The summed E-state index contributed by atoms with van der Waals surface area (Å²) in [5.41, 5.74) is 1.35. The van der Waals surface area contributed by atoms with E-state index in [2.05, 4.69) is 19.1 Å². The first-order valence-corrected chi connectivity index (χ1v) is 8.16. The molecule has 0 spiro atoms. The molecule has 0 aromatic carbocycles. The van der Waals surface area contributed by atoms with E-state index >= 15 is 0 Å². The third-order valence-corrected chi connectivity index (χ3v) is 6.54. The van der Waals surface area contributed by atoms with Crippen molar-refractivity contribution in [2.24, 2.45) is 35.5 Å². The fraction of sp³-hybridized carbons (Fsp3) is 0.722. The highest BCUT2D eigenvalue weighted by Gasteiger charge is 2.47. The van der Waals surface area contributed by atoms with Gasteiger partial charge in [-0.25, -0.2) is 0 Å². The van der Waals surface area contributed by atoms with E-state index in [1.165, 1.54) is 31.3 Å². The van der Waals surface area contributed by atoms with Gasteiger partial charge in [-0.05, 0) is 72.8 Å². The van der Waals surface area contributed by atoms with Crippen molar-refractivity contribution in [1.82, 2.24) is 0 Å². The highest BCUT2D eigenvalue weighted by atomic mass is 16.1. The molecule has 0 bridgehead atoms. The number of carbonyl (C=O) groups excluding carboxylic acids is 1. The summed E-state index contributed by atoms with van der Waals surface area (Å²) < 4.78 is 0. The zero-order chi connectivity index (χ0) is 13.0. The number of ketones is 1. The molecule has 4 rings (SSSR count). The van der Waals surface area contributed by atoms with Gasteiger partial charge in [0.25, 0.3) is 0 Å². The van der Waals surface area contributed by atoms with Gasteiger partial charge < -0.3 is 0 Å². The first-order valence-electron chi connectivity index (χ1n) is 8.16. The molecule has 6 atom stereocenters. The predicted octanol–water partition coefficient (Wildman–Crippen LogP) is 4.15. The average molecular weight is 256 g/mol. The van der Waals surface area contributed by atoms with E-state index in [-0.39, 0.29) is 0 Å². The molecule has 0 amide bonds. The SMILES string of the molecule is C[C@H]1CCC2C3C=CC4=CC(=O)CCC4C3CCC21. The number of rotatable bonds is 0. The van der Waals surface area contributed by atoms with Gasteiger partial charge in [0.2, 0.25) is 0 Å². The molecular weight excluding hydrogens is 232 g/mol. The minimum Gasteiger partial charge on any atom is -0.295 e. The maximum absolute atomic E-state index is 11.6. The van der Waals surface area contributed by atoms with Crippen LogP contribution in [0.4, 0.5) is 0 Å². The van der Waals surface area contributed by atoms with Crippen LogP contribution < -0.4 is 0 Å². The summed E-state index contributed by atoms with van der Waals surface area (Å²) in [5, 5.41) is 0. The summed E-state index contributed by atoms with van der Waals surface area (Å²) in [5.74, 6) is 5.59. The van der Waals surface area contributed by atoms with Gasteiger partial charge in [0.15, 0.2) is 5.78 Å². The Labute approximate surface area is 116 Å². The zero-order valence-electron chi connectivity index (χ0n) is 11.8. The van der Waals surface area contributed by atoms with Crippen LogP contribution in [0.15, 0.2) is 23.8 Å². The van der Waals surface area contributed by atoms with E-state index in [1.807, 2.05) is 6.08 Å². The molecule has 2 fully saturated rings. The van der Waals surface area contributed by atoms with E-state index < -0.39 is 0 Å². The quantitative estimate of drug-likeness (QED) is 0.636. The van der Waals surface area contributed by atoms with Gasteiger partial charge >= 0.3 is 0 Å². The predicted molar refractivity (Wildman–Crippen MR) is 76.5 cm³/mol. The minimum atomic E-state index is 0.345. The number of hydrogen-bond acceptors (Lipinski definition) is 1. The maximum Gasteiger partial charge on any atom is 0.155 e. The van der Waals surface area contributed by atoms with Crippen molar-refractivity contribution in [2.75, 3.05) is 0 Å². The Balaban J connectivity index is 1.66. The average Bonchev–Trinajstić information content (AvgIpc) is 2.80. The van der Waals surface area contributed by atoms with Crippen LogP contribution in [0.2, 0.25) is 0 Å². The molecular formula is C18H24O. The number of carbonyl (C=O) groups is 1. The molecule has 0 aliphatic heterocycles. The Hall–Kier alpha value is -0.850. The van der Waals surface area contributed by atoms with Crippen LogP contribution in [-0.4, -0.2) is 5.78 Å². The van der Waals surface area contributed by atoms with Crippen LogP contribution in [-0.2, 0) is 4.79 Å². The Morgan fingerprint density at radius 3 is 2.68 bits per heavy atom. The van der Waals surface area contributed by atoms with Gasteiger partial charge in [0.1, 0.15) is 0 Å². The van der Waals surface area contributed by atoms with Gasteiger partial charge in [-0.2, -0.15) is 0 Å². The van der Waals surface area contributed by atoms with E-state index in [1.54, 1.807) is 0 Å². The lowest BCUT2D eigenvalue weighted by Crippen LogP contribution is -2.39. The highest BCUT2D eigenvalue weighted by molar-refractivity contribution is 5.91. The van der Waals surface area contributed by atoms with Crippen LogP contribution in [0.25, 0.3) is 0 Å². The molecule has 4 aliphatic rings. The molecule has 0 aromatic rings. The van der Waals surface area contributed by atoms with Crippen LogP contribution >= 0.6 is 0 Å². The summed E-state index contributed by atoms with van der Waals surface area (Å²) in [6.07, 6.45) is 14.3. The Morgan fingerprint density at radius 2 is 1.79 bits per heavy atom. The standard InChI is InChI=1S/C18H24O/c1-11-2-5-16-14(11)8-9-17-15-7-4-13(19)10-12(15)3-6-18(16)17/h3,6,10-11,14-18H,2,4-5,7-9H2,1H3/t11-,14?,15?,16?,17?,18?/m0/s1. The molecule has 102 valence electrons. The fourth-order valence-corrected chi connectivity index (χ4v) is 5.62. The van der Waals surface area contributed by atoms with E-state index in [4.69, 9.17) is 0 Å². The van der Waals surface area contributed by atoms with Crippen LogP contribution in [0.1, 0.15) is 45.4 Å². The van der Waals surface area contributed by atoms with E-state index in [0.29, 0.717) is 11.7 Å². The largest absolute Gasteiger partial charge is 0.295 e. The molecule has 0 radical (unpaired) electrons. The molecule has 19 heavy (non-hydrogen) atoms. The zero-order valence-corrected chi connectivity index (χ0v) is 11.8. The van der Waals surface area contributed by atoms with Crippen LogP contribution in [0.5, 0.6) is 0 Å². The van der Waals surface area contributed by atoms with Crippen LogP contribution in [0, 0.1) is 35.5 Å². The lowest BCUT2D eigenvalue weighted by molar-refractivity contribution is -0.115. The van der Waals surface area contributed by atoms with Gasteiger partial charge in [0.05, 0.1) is 0 Å². The molecule has 0 aromatic heterocycles. The minimum absolute atomic E-state index is 0.345. The normalized spacial score (nSPS) is 48.3. The fourth-order valence-electron chi connectivity index (χ4n) is 5.62. The molecule has 0 N–H and O–H groups in total. The number of hydrogen-bond donors (Lipinski definition) is 0. The Kier molecular flexibility index (Phi) is 2.72. The summed E-state index contributed by atoms with van der Waals surface area (Å²) in [4.78, 5) is 11.6. The first kappa shape index (κ1) is 11.9. The number of allylic oxidation sites excluding steroid dienone is 4. The first-order chi connectivity index (χ1) is 9.24. The van der Waals surface area contributed by atoms with Gasteiger partial charge in [0, 0.05) is 6.42 Å². The smallest absolute Gasteiger partial charge is 0.155 e. The topological polar surface area (TPSA) is 17.1 Å². The molecule has 0 heterocycles. The maximum atomic E-state index is 11.6. The Morgan fingerprint density at radius 1 is 1.00 bits per heavy atom. The van der Waals surface area contributed by atoms with Gasteiger partial charge in [-0.15, -0.1) is 0 Å². The third kappa shape index (κ3) is 1.77. The summed E-state index contributed by atoms with van der Waals surface area (Å²) in [6.45, 7) is 2.46. The summed E-state index contributed by atoms with van der Waals surface area (Å²) in [6, 6.07) is 0. The molecule has 2 saturated carbocycles. The van der Waals surface area contributed by atoms with Crippen molar-refractivity contribution < 1.29 is 4.79 Å².